The Labute approximate surface area is 149 Å². The van der Waals surface area contributed by atoms with Gasteiger partial charge in [0.05, 0.1) is 4.90 Å². The molecule has 9 heteroatoms. The Balaban J connectivity index is 1.91. The molecule has 0 atom stereocenters. The molecule has 6 nitrogen and oxygen atoms in total. The van der Waals surface area contributed by atoms with Crippen LogP contribution in [0.25, 0.3) is 6.08 Å². The van der Waals surface area contributed by atoms with Crippen molar-refractivity contribution in [3.05, 3.63) is 66.0 Å². The van der Waals surface area contributed by atoms with Crippen LogP contribution in [0, 0.1) is 5.82 Å². The summed E-state index contributed by atoms with van der Waals surface area (Å²) in [6.45, 7) is 0. The minimum absolute atomic E-state index is 0.0322. The standard InChI is InChI=1S/C16H14FN3O3S2/c17-12-4-1-11(2-5-12)3-10-15(21)20-16(24)19-13-6-8-14(9-7-13)25(18,22)23/h1-10H,(H2,18,22,23)(H2,19,20,21,24)/b10-3+. The van der Waals surface area contributed by atoms with Gasteiger partial charge < -0.3 is 5.32 Å². The average molecular weight is 379 g/mol. The number of sulfonamides is 1. The van der Waals surface area contributed by atoms with Gasteiger partial charge in [-0.1, -0.05) is 12.1 Å². The van der Waals surface area contributed by atoms with E-state index in [1.165, 1.54) is 60.7 Å². The number of nitrogens with two attached hydrogens (primary N) is 1. The van der Waals surface area contributed by atoms with Crippen LogP contribution >= 0.6 is 12.2 Å². The molecular weight excluding hydrogens is 365 g/mol. The quantitative estimate of drug-likeness (QED) is 0.557. The molecule has 0 bridgehead atoms. The summed E-state index contributed by atoms with van der Waals surface area (Å²) in [7, 11) is -3.77. The van der Waals surface area contributed by atoms with Crippen LogP contribution in [0.4, 0.5) is 10.1 Å². The molecule has 2 aromatic carbocycles. The molecule has 0 unspecified atom stereocenters. The molecule has 0 aliphatic rings. The van der Waals surface area contributed by atoms with Gasteiger partial charge in [0.25, 0.3) is 0 Å². The summed E-state index contributed by atoms with van der Waals surface area (Å²) >= 11 is 5.00. The minimum Gasteiger partial charge on any atom is -0.332 e. The molecule has 4 N–H and O–H groups in total. The van der Waals surface area contributed by atoms with E-state index in [4.69, 9.17) is 17.4 Å². The number of benzene rings is 2. The fraction of sp³-hybridized carbons (Fsp3) is 0. The zero-order valence-corrected chi connectivity index (χ0v) is 14.4. The van der Waals surface area contributed by atoms with E-state index in [-0.39, 0.29) is 15.8 Å². The Hall–Kier alpha value is -2.62. The van der Waals surface area contributed by atoms with Gasteiger partial charge >= 0.3 is 0 Å². The molecule has 0 saturated heterocycles. The number of thiocarbonyl (C=S) groups is 1. The maximum atomic E-state index is 12.8. The lowest BCUT2D eigenvalue weighted by Crippen LogP contribution is -2.32. The van der Waals surface area contributed by atoms with Crippen molar-refractivity contribution in [3.8, 4) is 0 Å². The number of hydrogen-bond donors (Lipinski definition) is 3. The zero-order valence-electron chi connectivity index (χ0n) is 12.8. The molecule has 0 saturated carbocycles. The number of anilines is 1. The van der Waals surface area contributed by atoms with Gasteiger partial charge in [-0.25, -0.2) is 17.9 Å². The van der Waals surface area contributed by atoms with Crippen LogP contribution in [-0.4, -0.2) is 19.4 Å². The zero-order chi connectivity index (χ0) is 18.4. The first kappa shape index (κ1) is 18.7. The largest absolute Gasteiger partial charge is 0.332 e. The summed E-state index contributed by atoms with van der Waals surface area (Å²) in [5, 5.41) is 10.2. The SMILES string of the molecule is NS(=O)(=O)c1ccc(NC(=S)NC(=O)/C=C/c2ccc(F)cc2)cc1. The average Bonchev–Trinajstić information content (AvgIpc) is 2.54. The van der Waals surface area contributed by atoms with Crippen LogP contribution in [0.3, 0.4) is 0 Å². The third-order valence-electron chi connectivity index (χ3n) is 2.97. The van der Waals surface area contributed by atoms with Gasteiger partial charge in [0.2, 0.25) is 15.9 Å². The van der Waals surface area contributed by atoms with E-state index in [1.807, 2.05) is 0 Å². The Morgan fingerprint density at radius 1 is 1.08 bits per heavy atom. The molecule has 0 aliphatic heterocycles. The predicted molar refractivity (Wildman–Crippen MR) is 97.6 cm³/mol. The van der Waals surface area contributed by atoms with Gasteiger partial charge in [-0.3, -0.25) is 10.1 Å². The second-order valence-electron chi connectivity index (χ2n) is 4.90. The van der Waals surface area contributed by atoms with Crippen LogP contribution in [0.1, 0.15) is 5.56 Å². The summed E-state index contributed by atoms with van der Waals surface area (Å²) in [5.41, 5.74) is 1.15. The molecule has 0 aliphatic carbocycles. The number of hydrogen-bond acceptors (Lipinski definition) is 4. The lowest BCUT2D eigenvalue weighted by atomic mass is 10.2. The molecule has 0 spiro atoms. The maximum absolute atomic E-state index is 12.8. The van der Waals surface area contributed by atoms with Crippen molar-refractivity contribution in [1.82, 2.24) is 5.32 Å². The molecule has 0 aromatic heterocycles. The summed E-state index contributed by atoms with van der Waals surface area (Å²) in [6.07, 6.45) is 2.77. The predicted octanol–water partition coefficient (Wildman–Crippen LogP) is 2.00. The number of rotatable bonds is 4. The van der Waals surface area contributed by atoms with Crippen molar-refractivity contribution in [3.63, 3.8) is 0 Å². The van der Waals surface area contributed by atoms with E-state index in [9.17, 15) is 17.6 Å². The van der Waals surface area contributed by atoms with E-state index < -0.39 is 15.9 Å². The third kappa shape index (κ3) is 6.07. The first-order valence-electron chi connectivity index (χ1n) is 6.92. The summed E-state index contributed by atoms with van der Waals surface area (Å²) in [6, 6.07) is 11.2. The van der Waals surface area contributed by atoms with Gasteiger partial charge in [0.1, 0.15) is 5.82 Å². The van der Waals surface area contributed by atoms with E-state index in [1.54, 1.807) is 0 Å². The topological polar surface area (TPSA) is 101 Å². The summed E-state index contributed by atoms with van der Waals surface area (Å²) in [4.78, 5) is 11.7. The first-order valence-corrected chi connectivity index (χ1v) is 8.88. The van der Waals surface area contributed by atoms with Crippen molar-refractivity contribution in [1.29, 1.82) is 0 Å². The monoisotopic (exact) mass is 379 g/mol. The van der Waals surface area contributed by atoms with Gasteiger partial charge in [0, 0.05) is 11.8 Å². The molecule has 2 rings (SSSR count). The molecule has 130 valence electrons. The number of nitrogens with one attached hydrogen (secondary N) is 2. The lowest BCUT2D eigenvalue weighted by molar-refractivity contribution is -0.115. The molecule has 25 heavy (non-hydrogen) atoms. The lowest BCUT2D eigenvalue weighted by Gasteiger charge is -2.08. The molecular formula is C16H14FN3O3S2. The highest BCUT2D eigenvalue weighted by Crippen LogP contribution is 2.12. The van der Waals surface area contributed by atoms with E-state index in [0.29, 0.717) is 11.3 Å². The highest BCUT2D eigenvalue weighted by Gasteiger charge is 2.07. The van der Waals surface area contributed by atoms with Crippen molar-refractivity contribution >= 4 is 45.0 Å². The van der Waals surface area contributed by atoms with E-state index in [2.05, 4.69) is 10.6 Å². The highest BCUT2D eigenvalue weighted by atomic mass is 32.2. The molecule has 2 aromatic rings. The van der Waals surface area contributed by atoms with Crippen LogP contribution in [0.5, 0.6) is 0 Å². The number of carbonyl (C=O) groups is 1. The van der Waals surface area contributed by atoms with Crippen LogP contribution in [-0.2, 0) is 14.8 Å². The fourth-order valence-corrected chi connectivity index (χ4v) is 2.52. The van der Waals surface area contributed by atoms with Crippen molar-refractivity contribution in [2.45, 2.75) is 4.90 Å². The van der Waals surface area contributed by atoms with Crippen molar-refractivity contribution < 1.29 is 17.6 Å². The first-order chi connectivity index (χ1) is 11.7. The van der Waals surface area contributed by atoms with E-state index in [0.717, 1.165) is 0 Å². The second-order valence-corrected chi connectivity index (χ2v) is 6.87. The van der Waals surface area contributed by atoms with Crippen LogP contribution in [0.2, 0.25) is 0 Å². The van der Waals surface area contributed by atoms with Gasteiger partial charge in [0.15, 0.2) is 5.11 Å². The van der Waals surface area contributed by atoms with Crippen LogP contribution < -0.4 is 15.8 Å². The molecule has 1 amide bonds. The van der Waals surface area contributed by atoms with Crippen molar-refractivity contribution in [2.75, 3.05) is 5.32 Å². The van der Waals surface area contributed by atoms with Crippen molar-refractivity contribution in [2.24, 2.45) is 5.14 Å². The third-order valence-corrected chi connectivity index (χ3v) is 4.11. The number of carbonyl (C=O) groups excluding carboxylic acids is 1. The summed E-state index contributed by atoms with van der Waals surface area (Å²) < 4.78 is 35.1. The molecule has 0 fully saturated rings. The summed E-state index contributed by atoms with van der Waals surface area (Å²) in [5.74, 6) is -0.830. The Kier molecular flexibility index (Phi) is 5.97. The smallest absolute Gasteiger partial charge is 0.250 e. The van der Waals surface area contributed by atoms with Gasteiger partial charge in [-0.2, -0.15) is 0 Å². The Bertz CT molecular complexity index is 909. The Morgan fingerprint density at radius 2 is 1.68 bits per heavy atom. The second kappa shape index (κ2) is 7.97. The number of halogens is 1. The minimum atomic E-state index is -3.77. The normalized spacial score (nSPS) is 11.3. The Morgan fingerprint density at radius 3 is 2.24 bits per heavy atom. The van der Waals surface area contributed by atoms with Gasteiger partial charge in [-0.05, 0) is 60.3 Å². The van der Waals surface area contributed by atoms with E-state index >= 15 is 0 Å². The van der Waals surface area contributed by atoms with Crippen LogP contribution in [0.15, 0.2) is 59.5 Å². The highest BCUT2D eigenvalue weighted by molar-refractivity contribution is 7.89. The molecule has 0 heterocycles. The number of primary sulfonamides is 1. The van der Waals surface area contributed by atoms with Gasteiger partial charge in [-0.15, -0.1) is 0 Å². The maximum Gasteiger partial charge on any atom is 0.250 e. The fourth-order valence-electron chi connectivity index (χ4n) is 1.79. The molecule has 0 radical (unpaired) electrons. The number of amides is 1.